The number of rotatable bonds is 3. The van der Waals surface area contributed by atoms with Gasteiger partial charge in [0.05, 0.1) is 11.1 Å². The van der Waals surface area contributed by atoms with E-state index in [0.29, 0.717) is 17.2 Å². The number of fused-ring (bicyclic) bond motifs is 4. The third-order valence-corrected chi connectivity index (χ3v) is 7.78. The van der Waals surface area contributed by atoms with E-state index in [-0.39, 0.29) is 31.6 Å². The smallest absolute Gasteiger partial charge is 0.216 e. The van der Waals surface area contributed by atoms with Crippen LogP contribution in [0.1, 0.15) is 65.7 Å². The van der Waals surface area contributed by atoms with Crippen LogP contribution in [0.3, 0.4) is 0 Å². The minimum atomic E-state index is -0.113. The van der Waals surface area contributed by atoms with E-state index in [4.69, 9.17) is 14.5 Å². The maximum Gasteiger partial charge on any atom is 0.216 e. The molecule has 41 heavy (non-hydrogen) atoms. The van der Waals surface area contributed by atoms with Crippen molar-refractivity contribution in [3.05, 3.63) is 101 Å². The van der Waals surface area contributed by atoms with Crippen molar-refractivity contribution in [2.75, 3.05) is 0 Å². The van der Waals surface area contributed by atoms with Gasteiger partial charge in [0.15, 0.2) is 5.78 Å². The van der Waals surface area contributed by atoms with E-state index >= 15 is 0 Å². The number of phenolic OH excluding ortho intramolecular Hbond substituents is 1. The van der Waals surface area contributed by atoms with E-state index in [9.17, 15) is 4.79 Å². The maximum atomic E-state index is 10.7. The van der Waals surface area contributed by atoms with Crippen LogP contribution in [0, 0.1) is 19.9 Å². The molecule has 0 spiro atoms. The van der Waals surface area contributed by atoms with Crippen molar-refractivity contribution in [1.29, 1.82) is 0 Å². The second-order valence-corrected chi connectivity index (χ2v) is 10.7. The number of furan rings is 1. The minimum Gasteiger partial charge on any atom is -0.507 e. The van der Waals surface area contributed by atoms with Gasteiger partial charge in [-0.25, -0.2) is 4.98 Å². The molecule has 3 aromatic carbocycles. The first-order valence-corrected chi connectivity index (χ1v) is 13.8. The van der Waals surface area contributed by atoms with Crippen LogP contribution < -0.4 is 0 Å². The van der Waals surface area contributed by atoms with Gasteiger partial charge in [0.2, 0.25) is 5.71 Å². The van der Waals surface area contributed by atoms with Gasteiger partial charge in [-0.3, -0.25) is 4.79 Å². The van der Waals surface area contributed by atoms with Crippen LogP contribution in [0.2, 0.25) is 0 Å². The van der Waals surface area contributed by atoms with E-state index in [0.717, 1.165) is 44.3 Å². The van der Waals surface area contributed by atoms with Crippen LogP contribution in [0.25, 0.3) is 44.1 Å². The predicted molar refractivity (Wildman–Crippen MR) is 160 cm³/mol. The van der Waals surface area contributed by atoms with Crippen molar-refractivity contribution in [3.63, 3.8) is 0 Å². The zero-order valence-electron chi connectivity index (χ0n) is 23.3. The monoisotopic (exact) mass is 720 g/mol. The standard InChI is InChI=1S/C27H23N2O.C8H8O2.Ir/c1-16-13-23-22-9-7-17(2)29-27(22)30-26(23)24(14-16)25-21-10-8-19(18-5-3-4-6-18)15-20(21)11-12-28-25;1-6(9)7-4-2-3-5-8(7)10;/h7-13,15,18H,3-6H2,1-2H3;2-5,10H,1H3;/q-1;;. The molecule has 0 bridgehead atoms. The molecule has 0 saturated heterocycles. The number of para-hydroxylation sites is 1. The Morgan fingerprint density at radius 2 is 1.71 bits per heavy atom. The summed E-state index contributed by atoms with van der Waals surface area (Å²) in [6.07, 6.45) is 7.21. The van der Waals surface area contributed by atoms with Gasteiger partial charge >= 0.3 is 0 Å². The van der Waals surface area contributed by atoms with Gasteiger partial charge in [-0.2, -0.15) is 0 Å². The maximum absolute atomic E-state index is 10.7. The number of hydrogen-bond donors (Lipinski definition) is 1. The molecule has 5 nitrogen and oxygen atoms in total. The summed E-state index contributed by atoms with van der Waals surface area (Å²) in [5, 5.41) is 13.6. The molecule has 7 rings (SSSR count). The average molecular weight is 720 g/mol. The average Bonchev–Trinajstić information content (AvgIpc) is 3.61. The number of pyridine rings is 2. The summed E-state index contributed by atoms with van der Waals surface area (Å²) in [4.78, 5) is 20.1. The van der Waals surface area contributed by atoms with E-state index in [2.05, 4.69) is 54.4 Å². The summed E-state index contributed by atoms with van der Waals surface area (Å²) < 4.78 is 6.25. The number of aromatic hydroxyl groups is 1. The van der Waals surface area contributed by atoms with Crippen LogP contribution in [-0.4, -0.2) is 20.9 Å². The molecule has 1 aliphatic rings. The van der Waals surface area contributed by atoms with Crippen LogP contribution in [0.15, 0.2) is 77.3 Å². The van der Waals surface area contributed by atoms with E-state index in [1.165, 1.54) is 49.6 Å². The van der Waals surface area contributed by atoms with E-state index in [1.807, 2.05) is 19.2 Å². The number of phenols is 1. The normalized spacial score (nSPS) is 13.2. The van der Waals surface area contributed by atoms with Gasteiger partial charge in [-0.1, -0.05) is 61.0 Å². The SMILES string of the molecule is CC(=O)c1ccccc1O.Cc1[c-]c(-c2nccc3cc(C4CCCC4)ccc23)c2oc3nc(C)ccc3c2c1.[Ir]. The Balaban J connectivity index is 0.000000263. The van der Waals surface area contributed by atoms with Gasteiger partial charge in [0.25, 0.3) is 0 Å². The predicted octanol–water partition coefficient (Wildman–Crippen LogP) is 8.86. The molecule has 1 radical (unpaired) electrons. The van der Waals surface area contributed by atoms with Crippen molar-refractivity contribution in [1.82, 2.24) is 9.97 Å². The summed E-state index contributed by atoms with van der Waals surface area (Å²) in [6.45, 7) is 5.49. The van der Waals surface area contributed by atoms with E-state index < -0.39 is 0 Å². The summed E-state index contributed by atoms with van der Waals surface area (Å²) in [7, 11) is 0. The van der Waals surface area contributed by atoms with Crippen molar-refractivity contribution >= 4 is 38.6 Å². The molecule has 1 fully saturated rings. The fourth-order valence-electron chi connectivity index (χ4n) is 5.77. The van der Waals surface area contributed by atoms with Gasteiger partial charge in [-0.05, 0) is 85.0 Å². The number of carbonyl (C=O) groups is 1. The molecule has 1 N–H and O–H groups in total. The Hall–Kier alpha value is -3.86. The summed E-state index contributed by atoms with van der Waals surface area (Å²) in [6, 6.07) is 25.3. The summed E-state index contributed by atoms with van der Waals surface area (Å²) in [5.74, 6) is 0.640. The second-order valence-electron chi connectivity index (χ2n) is 10.7. The molecular weight excluding hydrogens is 689 g/mol. The Morgan fingerprint density at radius 3 is 2.44 bits per heavy atom. The van der Waals surface area contributed by atoms with Crippen LogP contribution >= 0.6 is 0 Å². The largest absolute Gasteiger partial charge is 0.507 e. The molecule has 3 heterocycles. The molecule has 1 aliphatic carbocycles. The van der Waals surface area contributed by atoms with Crippen molar-refractivity contribution in [3.8, 4) is 17.0 Å². The fraction of sp³-hybridized carbons (Fsp3) is 0.229. The van der Waals surface area contributed by atoms with Gasteiger partial charge in [0.1, 0.15) is 5.75 Å². The van der Waals surface area contributed by atoms with Gasteiger partial charge in [0, 0.05) is 37.4 Å². The van der Waals surface area contributed by atoms with Crippen molar-refractivity contribution < 1.29 is 34.4 Å². The van der Waals surface area contributed by atoms with E-state index in [1.54, 1.807) is 18.2 Å². The number of aryl methyl sites for hydroxylation is 2. The first-order valence-electron chi connectivity index (χ1n) is 13.8. The Kier molecular flexibility index (Phi) is 8.34. The number of hydrogen-bond acceptors (Lipinski definition) is 5. The molecule has 0 unspecified atom stereocenters. The zero-order chi connectivity index (χ0) is 27.8. The molecule has 0 aliphatic heterocycles. The molecule has 3 aromatic heterocycles. The van der Waals surface area contributed by atoms with Crippen molar-refractivity contribution in [2.45, 2.75) is 52.4 Å². The fourth-order valence-corrected chi connectivity index (χ4v) is 5.77. The molecule has 0 atom stereocenters. The molecule has 209 valence electrons. The Morgan fingerprint density at radius 1 is 0.951 bits per heavy atom. The number of carbonyl (C=O) groups excluding carboxylic acids is 1. The topological polar surface area (TPSA) is 76.2 Å². The summed E-state index contributed by atoms with van der Waals surface area (Å²) in [5.41, 5.74) is 7.19. The van der Waals surface area contributed by atoms with Crippen LogP contribution in [0.4, 0.5) is 0 Å². The quantitative estimate of drug-likeness (QED) is 0.146. The van der Waals surface area contributed by atoms with Gasteiger partial charge in [-0.15, -0.1) is 17.7 Å². The number of aromatic nitrogens is 2. The molecule has 0 amide bonds. The number of benzene rings is 3. The van der Waals surface area contributed by atoms with Gasteiger partial charge < -0.3 is 14.5 Å². The number of Topliss-reactive ketones (excluding diaryl/α,β-unsaturated/α-hetero) is 1. The van der Waals surface area contributed by atoms with Crippen molar-refractivity contribution in [2.24, 2.45) is 0 Å². The molecule has 1 saturated carbocycles. The molecular formula is C35H31IrN2O3-. The van der Waals surface area contributed by atoms with Crippen LogP contribution in [-0.2, 0) is 20.1 Å². The zero-order valence-corrected chi connectivity index (χ0v) is 25.7. The summed E-state index contributed by atoms with van der Waals surface area (Å²) >= 11 is 0. The third kappa shape index (κ3) is 5.68. The molecule has 6 aromatic rings. The van der Waals surface area contributed by atoms with Crippen LogP contribution in [0.5, 0.6) is 5.75 Å². The third-order valence-electron chi connectivity index (χ3n) is 7.78. The minimum absolute atomic E-state index is 0. The first-order chi connectivity index (χ1) is 19.4. The Bertz CT molecular complexity index is 1890. The molecule has 6 heteroatoms. The number of nitrogens with zero attached hydrogens (tertiary/aromatic N) is 2. The number of ketones is 1. The second kappa shape index (κ2) is 11.9. The first kappa shape index (κ1) is 28.7. The Labute approximate surface area is 253 Å².